The lowest BCUT2D eigenvalue weighted by atomic mass is 10.2. The van der Waals surface area contributed by atoms with Gasteiger partial charge in [0.25, 0.3) is 5.91 Å². The number of halogens is 1. The Balaban J connectivity index is 1.59. The second-order valence-electron chi connectivity index (χ2n) is 5.49. The second-order valence-corrected chi connectivity index (χ2v) is 6.35. The number of para-hydroxylation sites is 1. The third-order valence-corrected chi connectivity index (χ3v) is 4.55. The second kappa shape index (κ2) is 6.61. The molecule has 5 nitrogen and oxygen atoms in total. The van der Waals surface area contributed by atoms with Gasteiger partial charge in [0.1, 0.15) is 11.5 Å². The molecule has 0 atom stereocenters. The van der Waals surface area contributed by atoms with Gasteiger partial charge in [-0.15, -0.1) is 11.3 Å². The van der Waals surface area contributed by atoms with Crippen LogP contribution >= 0.6 is 11.3 Å². The third kappa shape index (κ3) is 3.04. The molecule has 2 aromatic heterocycles. The normalized spacial score (nSPS) is 10.8. The molecular formula is C19H13FN2O3S. The highest BCUT2D eigenvalue weighted by Crippen LogP contribution is 2.34. The maximum absolute atomic E-state index is 13.2. The molecule has 0 radical (unpaired) electrons. The number of nitrogens with zero attached hydrogens (tertiary/aromatic N) is 1. The van der Waals surface area contributed by atoms with E-state index in [-0.39, 0.29) is 5.56 Å². The summed E-state index contributed by atoms with van der Waals surface area (Å²) in [6.45, 7) is 0. The fourth-order valence-corrected chi connectivity index (χ4v) is 3.26. The number of nitrogens with one attached hydrogen (secondary N) is 1. The number of carbonyl (C=O) groups excluding carboxylic acids is 1. The number of methoxy groups -OCH3 is 1. The van der Waals surface area contributed by atoms with Crippen molar-refractivity contribution in [3.8, 4) is 17.2 Å². The van der Waals surface area contributed by atoms with Gasteiger partial charge in [-0.2, -0.15) is 0 Å². The largest absolute Gasteiger partial charge is 0.493 e. The Labute approximate surface area is 152 Å². The quantitative estimate of drug-likeness (QED) is 0.553. The van der Waals surface area contributed by atoms with Crippen LogP contribution in [0.5, 0.6) is 5.75 Å². The van der Waals surface area contributed by atoms with Crippen LogP contribution in [0, 0.1) is 5.82 Å². The number of hydrogen-bond acceptors (Lipinski definition) is 5. The maximum Gasteiger partial charge on any atom is 0.257 e. The van der Waals surface area contributed by atoms with E-state index in [9.17, 15) is 9.18 Å². The first-order chi connectivity index (χ1) is 12.6. The summed E-state index contributed by atoms with van der Waals surface area (Å²) in [5.41, 5.74) is 1.47. The fraction of sp³-hybridized carbons (Fsp3) is 0.0526. The first-order valence-electron chi connectivity index (χ1n) is 7.73. The molecule has 2 heterocycles. The van der Waals surface area contributed by atoms with Crippen LogP contribution in [-0.4, -0.2) is 18.0 Å². The van der Waals surface area contributed by atoms with Crippen molar-refractivity contribution < 1.29 is 18.3 Å². The molecule has 0 aliphatic carbocycles. The smallest absolute Gasteiger partial charge is 0.257 e. The Morgan fingerprint density at radius 2 is 2.08 bits per heavy atom. The van der Waals surface area contributed by atoms with E-state index in [0.717, 1.165) is 5.39 Å². The third-order valence-electron chi connectivity index (χ3n) is 3.79. The van der Waals surface area contributed by atoms with Crippen LogP contribution in [0.4, 0.5) is 9.52 Å². The highest BCUT2D eigenvalue weighted by Gasteiger charge is 2.14. The summed E-state index contributed by atoms with van der Waals surface area (Å²) >= 11 is 1.26. The number of ether oxygens (including phenoxy) is 1. The van der Waals surface area contributed by atoms with Crippen LogP contribution in [0.3, 0.4) is 0 Å². The minimum Gasteiger partial charge on any atom is -0.493 e. The molecule has 0 bridgehead atoms. The van der Waals surface area contributed by atoms with Crippen LogP contribution < -0.4 is 10.1 Å². The van der Waals surface area contributed by atoms with Crippen molar-refractivity contribution in [1.82, 2.24) is 4.98 Å². The van der Waals surface area contributed by atoms with Crippen molar-refractivity contribution >= 4 is 33.3 Å². The minimum absolute atomic E-state index is 0.232. The molecule has 1 N–H and O–H groups in total. The van der Waals surface area contributed by atoms with Crippen molar-refractivity contribution in [1.29, 1.82) is 0 Å². The lowest BCUT2D eigenvalue weighted by molar-refractivity contribution is 0.102. The van der Waals surface area contributed by atoms with Crippen LogP contribution in [-0.2, 0) is 0 Å². The van der Waals surface area contributed by atoms with E-state index >= 15 is 0 Å². The van der Waals surface area contributed by atoms with Crippen molar-refractivity contribution in [2.24, 2.45) is 0 Å². The molecule has 0 aliphatic heterocycles. The van der Waals surface area contributed by atoms with E-state index in [4.69, 9.17) is 9.15 Å². The average Bonchev–Trinajstić information content (AvgIpc) is 3.27. The van der Waals surface area contributed by atoms with Gasteiger partial charge >= 0.3 is 0 Å². The van der Waals surface area contributed by atoms with E-state index in [1.807, 2.05) is 24.3 Å². The predicted molar refractivity (Wildman–Crippen MR) is 98.2 cm³/mol. The van der Waals surface area contributed by atoms with Gasteiger partial charge in [-0.05, 0) is 30.3 Å². The lowest BCUT2D eigenvalue weighted by Crippen LogP contribution is -2.11. The molecule has 7 heteroatoms. The van der Waals surface area contributed by atoms with Gasteiger partial charge in [0.2, 0.25) is 0 Å². The number of thiazole rings is 1. The summed E-state index contributed by atoms with van der Waals surface area (Å²) in [6, 6.07) is 13.0. The molecule has 26 heavy (non-hydrogen) atoms. The summed E-state index contributed by atoms with van der Waals surface area (Å²) in [6.07, 6.45) is 0. The standard InChI is InChI=1S/C19H13FN2O3S/c1-24-15-7-3-4-11-9-16(25-17(11)15)14-10-26-19(21-14)22-18(23)12-5-2-6-13(20)8-12/h2-10H,1H3,(H,21,22,23). The topological polar surface area (TPSA) is 64.4 Å². The van der Waals surface area contributed by atoms with Crippen LogP contribution in [0.25, 0.3) is 22.4 Å². The molecule has 0 spiro atoms. The number of amides is 1. The molecule has 4 rings (SSSR count). The van der Waals surface area contributed by atoms with E-state index in [0.29, 0.717) is 27.9 Å². The Hall–Kier alpha value is -3.19. The number of rotatable bonds is 4. The van der Waals surface area contributed by atoms with Gasteiger partial charge < -0.3 is 9.15 Å². The van der Waals surface area contributed by atoms with Gasteiger partial charge in [-0.3, -0.25) is 10.1 Å². The SMILES string of the molecule is COc1cccc2cc(-c3csc(NC(=O)c4cccc(F)c4)n3)oc12. The number of carbonyl (C=O) groups is 1. The highest BCUT2D eigenvalue weighted by atomic mass is 32.1. The summed E-state index contributed by atoms with van der Waals surface area (Å²) in [5, 5.41) is 5.76. The molecule has 0 saturated heterocycles. The fourth-order valence-electron chi connectivity index (χ4n) is 2.57. The zero-order valence-corrected chi connectivity index (χ0v) is 14.5. The molecule has 4 aromatic rings. The van der Waals surface area contributed by atoms with E-state index in [1.54, 1.807) is 18.6 Å². The number of fused-ring (bicyclic) bond motifs is 1. The van der Waals surface area contributed by atoms with Crippen molar-refractivity contribution in [3.63, 3.8) is 0 Å². The Morgan fingerprint density at radius 3 is 2.88 bits per heavy atom. The summed E-state index contributed by atoms with van der Waals surface area (Å²) in [5.74, 6) is 0.334. The summed E-state index contributed by atoms with van der Waals surface area (Å²) in [4.78, 5) is 16.6. The van der Waals surface area contributed by atoms with Gasteiger partial charge in [0, 0.05) is 16.3 Å². The Morgan fingerprint density at radius 1 is 1.23 bits per heavy atom. The number of hydrogen-bond donors (Lipinski definition) is 1. The molecule has 0 aliphatic rings. The van der Waals surface area contributed by atoms with E-state index in [1.165, 1.54) is 29.5 Å². The number of anilines is 1. The maximum atomic E-state index is 13.2. The van der Waals surface area contributed by atoms with Gasteiger partial charge in [0.15, 0.2) is 22.2 Å². The molecule has 130 valence electrons. The number of aromatic nitrogens is 1. The summed E-state index contributed by atoms with van der Waals surface area (Å²) in [7, 11) is 1.58. The molecule has 2 aromatic carbocycles. The molecule has 0 fully saturated rings. The van der Waals surface area contributed by atoms with Crippen molar-refractivity contribution in [3.05, 3.63) is 65.3 Å². The van der Waals surface area contributed by atoms with Crippen LogP contribution in [0.1, 0.15) is 10.4 Å². The molecule has 0 saturated carbocycles. The molecule has 0 unspecified atom stereocenters. The Kier molecular flexibility index (Phi) is 4.14. The zero-order valence-electron chi connectivity index (χ0n) is 13.7. The molecular weight excluding hydrogens is 355 g/mol. The van der Waals surface area contributed by atoms with E-state index in [2.05, 4.69) is 10.3 Å². The van der Waals surface area contributed by atoms with Crippen molar-refractivity contribution in [2.45, 2.75) is 0 Å². The average molecular weight is 368 g/mol. The highest BCUT2D eigenvalue weighted by molar-refractivity contribution is 7.14. The number of furan rings is 1. The first-order valence-corrected chi connectivity index (χ1v) is 8.61. The minimum atomic E-state index is -0.464. The van der Waals surface area contributed by atoms with Crippen LogP contribution in [0.2, 0.25) is 0 Å². The van der Waals surface area contributed by atoms with Gasteiger partial charge in [0.05, 0.1) is 7.11 Å². The predicted octanol–water partition coefficient (Wildman–Crippen LogP) is 4.96. The lowest BCUT2D eigenvalue weighted by Gasteiger charge is -2.01. The monoisotopic (exact) mass is 368 g/mol. The Bertz CT molecular complexity index is 1100. The van der Waals surface area contributed by atoms with E-state index < -0.39 is 11.7 Å². The van der Waals surface area contributed by atoms with Gasteiger partial charge in [-0.25, -0.2) is 9.37 Å². The van der Waals surface area contributed by atoms with Crippen LogP contribution in [0.15, 0.2) is 58.3 Å². The molecule has 1 amide bonds. The first kappa shape index (κ1) is 16.3. The van der Waals surface area contributed by atoms with Crippen molar-refractivity contribution in [2.75, 3.05) is 12.4 Å². The van der Waals surface area contributed by atoms with Gasteiger partial charge in [-0.1, -0.05) is 18.2 Å². The summed E-state index contributed by atoms with van der Waals surface area (Å²) < 4.78 is 24.4. The number of benzene rings is 2. The zero-order chi connectivity index (χ0) is 18.1.